The number of rotatable bonds is 4. The van der Waals surface area contributed by atoms with Crippen LogP contribution in [0.2, 0.25) is 0 Å². The minimum absolute atomic E-state index is 0.0765. The number of aromatic nitrogens is 3. The molecule has 7 heteroatoms. The number of H-pyrrole nitrogens is 1. The average Bonchev–Trinajstić information content (AvgIpc) is 2.32. The summed E-state index contributed by atoms with van der Waals surface area (Å²) in [6.45, 7) is 4.76. The van der Waals surface area contributed by atoms with Crippen LogP contribution in [0.3, 0.4) is 0 Å². The van der Waals surface area contributed by atoms with Crippen molar-refractivity contribution < 1.29 is 8.42 Å². The van der Waals surface area contributed by atoms with E-state index in [1.54, 1.807) is 4.57 Å². The molecule has 1 aromatic heterocycles. The predicted octanol–water partition coefficient (Wildman–Crippen LogP) is 1.14. The highest BCUT2D eigenvalue weighted by Crippen LogP contribution is 2.06. The van der Waals surface area contributed by atoms with Gasteiger partial charge in [0.1, 0.15) is 11.6 Å². The third-order valence-electron chi connectivity index (χ3n) is 1.78. The second kappa shape index (κ2) is 4.44. The zero-order valence-electron chi connectivity index (χ0n) is 9.02. The Labute approximate surface area is 94.4 Å². The van der Waals surface area contributed by atoms with E-state index in [1.807, 2.05) is 13.8 Å². The predicted molar refractivity (Wildman–Crippen MR) is 60.8 cm³/mol. The molecule has 0 spiro atoms. The maximum Gasteiger partial charge on any atom is 0.195 e. The molecule has 0 bridgehead atoms. The lowest BCUT2D eigenvalue weighted by Crippen LogP contribution is -2.12. The Morgan fingerprint density at radius 1 is 1.53 bits per heavy atom. The number of hydrogen-bond acceptors (Lipinski definition) is 4. The zero-order chi connectivity index (χ0) is 11.6. The summed E-state index contributed by atoms with van der Waals surface area (Å²) in [6, 6.07) is 0. The molecule has 5 nitrogen and oxygen atoms in total. The Balaban J connectivity index is 3.04. The maximum atomic E-state index is 11.1. The van der Waals surface area contributed by atoms with Gasteiger partial charge in [-0.25, -0.2) is 8.42 Å². The minimum Gasteiger partial charge on any atom is -0.303 e. The van der Waals surface area contributed by atoms with Crippen LogP contribution >= 0.6 is 12.2 Å². The topological polar surface area (TPSA) is 67.8 Å². The molecule has 1 aromatic rings. The van der Waals surface area contributed by atoms with Crippen LogP contribution < -0.4 is 0 Å². The molecule has 1 rings (SSSR count). The summed E-state index contributed by atoms with van der Waals surface area (Å²) < 4.78 is 24.5. The van der Waals surface area contributed by atoms with Crippen LogP contribution in [0.1, 0.15) is 19.7 Å². The van der Waals surface area contributed by atoms with Crippen molar-refractivity contribution in [1.82, 2.24) is 14.8 Å². The van der Waals surface area contributed by atoms with Crippen molar-refractivity contribution >= 4 is 22.1 Å². The van der Waals surface area contributed by atoms with E-state index < -0.39 is 9.84 Å². The molecule has 1 N–H and O–H groups in total. The summed E-state index contributed by atoms with van der Waals surface area (Å²) in [5.41, 5.74) is 0. The monoisotopic (exact) mass is 249 g/mol. The Hall–Kier alpha value is -0.690. The summed E-state index contributed by atoms with van der Waals surface area (Å²) in [7, 11) is -3.07. The van der Waals surface area contributed by atoms with E-state index in [0.29, 0.717) is 23.1 Å². The molecule has 0 radical (unpaired) electrons. The standard InChI is InChI=1S/C8H15N3O2S2/c1-6(2)4-11-7(5-15(3,12)13)9-10-8(11)14/h6H,4-5H2,1-3H3,(H,10,14). The van der Waals surface area contributed by atoms with Crippen molar-refractivity contribution in [3.63, 3.8) is 0 Å². The first-order chi connectivity index (χ1) is 6.79. The summed E-state index contributed by atoms with van der Waals surface area (Å²) in [5, 5.41) is 6.54. The van der Waals surface area contributed by atoms with E-state index in [1.165, 1.54) is 6.26 Å². The molecule has 15 heavy (non-hydrogen) atoms. The molecule has 0 aliphatic carbocycles. The first-order valence-electron chi connectivity index (χ1n) is 4.61. The zero-order valence-corrected chi connectivity index (χ0v) is 10.7. The maximum absolute atomic E-state index is 11.1. The average molecular weight is 249 g/mol. The largest absolute Gasteiger partial charge is 0.303 e. The quantitative estimate of drug-likeness (QED) is 0.813. The fourth-order valence-corrected chi connectivity index (χ4v) is 2.16. The molecule has 0 aliphatic rings. The molecular weight excluding hydrogens is 234 g/mol. The van der Waals surface area contributed by atoms with Crippen LogP contribution in [0.5, 0.6) is 0 Å². The van der Waals surface area contributed by atoms with Crippen LogP contribution in [0.4, 0.5) is 0 Å². The number of nitrogens with one attached hydrogen (secondary N) is 1. The smallest absolute Gasteiger partial charge is 0.195 e. The first kappa shape index (κ1) is 12.4. The van der Waals surface area contributed by atoms with Crippen molar-refractivity contribution in [2.45, 2.75) is 26.1 Å². The van der Waals surface area contributed by atoms with Gasteiger partial charge in [0.25, 0.3) is 0 Å². The van der Waals surface area contributed by atoms with E-state index in [-0.39, 0.29) is 5.75 Å². The van der Waals surface area contributed by atoms with Crippen LogP contribution in [-0.4, -0.2) is 29.4 Å². The Morgan fingerprint density at radius 3 is 2.60 bits per heavy atom. The van der Waals surface area contributed by atoms with E-state index in [2.05, 4.69) is 10.2 Å². The van der Waals surface area contributed by atoms with Gasteiger partial charge in [-0.15, -0.1) is 0 Å². The lowest BCUT2D eigenvalue weighted by atomic mass is 10.2. The molecule has 86 valence electrons. The molecule has 0 aromatic carbocycles. The molecule has 0 aliphatic heterocycles. The van der Waals surface area contributed by atoms with Crippen molar-refractivity contribution in [2.24, 2.45) is 5.92 Å². The van der Waals surface area contributed by atoms with E-state index in [0.717, 1.165) is 0 Å². The second-order valence-corrected chi connectivity index (χ2v) is 6.55. The molecule has 0 amide bonds. The van der Waals surface area contributed by atoms with Gasteiger partial charge >= 0.3 is 0 Å². The first-order valence-corrected chi connectivity index (χ1v) is 7.08. The van der Waals surface area contributed by atoms with Crippen molar-refractivity contribution in [2.75, 3.05) is 6.26 Å². The number of sulfone groups is 1. The summed E-state index contributed by atoms with van der Waals surface area (Å²) in [5.74, 6) is 0.802. The highest BCUT2D eigenvalue weighted by Gasteiger charge is 2.13. The van der Waals surface area contributed by atoms with Gasteiger partial charge in [-0.2, -0.15) is 5.10 Å². The highest BCUT2D eigenvalue weighted by atomic mass is 32.2. The van der Waals surface area contributed by atoms with Crippen LogP contribution in [0.25, 0.3) is 0 Å². The fourth-order valence-electron chi connectivity index (χ4n) is 1.25. The van der Waals surface area contributed by atoms with Gasteiger partial charge in [0.15, 0.2) is 14.6 Å². The van der Waals surface area contributed by atoms with Gasteiger partial charge < -0.3 is 4.57 Å². The summed E-state index contributed by atoms with van der Waals surface area (Å²) in [6.07, 6.45) is 1.18. The fraction of sp³-hybridized carbons (Fsp3) is 0.750. The second-order valence-electron chi connectivity index (χ2n) is 4.02. The normalized spacial score (nSPS) is 12.3. The van der Waals surface area contributed by atoms with Crippen molar-refractivity contribution in [1.29, 1.82) is 0 Å². The Bertz CT molecular complexity index is 484. The van der Waals surface area contributed by atoms with E-state index >= 15 is 0 Å². The summed E-state index contributed by atoms with van der Waals surface area (Å²) in [4.78, 5) is 0. The molecule has 0 unspecified atom stereocenters. The molecule has 0 saturated carbocycles. The molecule has 1 heterocycles. The van der Waals surface area contributed by atoms with E-state index in [4.69, 9.17) is 12.2 Å². The Kier molecular flexibility index (Phi) is 3.67. The van der Waals surface area contributed by atoms with Crippen LogP contribution in [0, 0.1) is 10.7 Å². The van der Waals surface area contributed by atoms with Crippen LogP contribution in [-0.2, 0) is 22.1 Å². The molecule has 0 atom stereocenters. The van der Waals surface area contributed by atoms with Crippen molar-refractivity contribution in [3.8, 4) is 0 Å². The highest BCUT2D eigenvalue weighted by molar-refractivity contribution is 7.89. The molecule has 0 saturated heterocycles. The lowest BCUT2D eigenvalue weighted by molar-refractivity contribution is 0.506. The van der Waals surface area contributed by atoms with Crippen molar-refractivity contribution in [3.05, 3.63) is 10.6 Å². The molecular formula is C8H15N3O2S2. The third-order valence-corrected chi connectivity index (χ3v) is 2.87. The van der Waals surface area contributed by atoms with Gasteiger partial charge in [-0.3, -0.25) is 5.10 Å². The number of aromatic amines is 1. The van der Waals surface area contributed by atoms with Crippen LogP contribution in [0.15, 0.2) is 0 Å². The van der Waals surface area contributed by atoms with Gasteiger partial charge in [0.05, 0.1) is 0 Å². The molecule has 0 fully saturated rings. The van der Waals surface area contributed by atoms with E-state index in [9.17, 15) is 8.42 Å². The van der Waals surface area contributed by atoms with Gasteiger partial charge in [-0.1, -0.05) is 13.8 Å². The summed E-state index contributed by atoms with van der Waals surface area (Å²) >= 11 is 5.03. The Morgan fingerprint density at radius 2 is 2.13 bits per heavy atom. The van der Waals surface area contributed by atoms with Gasteiger partial charge in [0, 0.05) is 12.8 Å². The van der Waals surface area contributed by atoms with Gasteiger partial charge in [0.2, 0.25) is 0 Å². The third kappa shape index (κ3) is 3.75. The number of hydrogen-bond donors (Lipinski definition) is 1. The number of nitrogens with zero attached hydrogens (tertiary/aromatic N) is 2. The lowest BCUT2D eigenvalue weighted by Gasteiger charge is -2.08. The van der Waals surface area contributed by atoms with Gasteiger partial charge in [-0.05, 0) is 18.1 Å². The SMILES string of the molecule is CC(C)Cn1c(CS(C)(=O)=O)n[nH]c1=S. The minimum atomic E-state index is -3.07.